The Morgan fingerprint density at radius 1 is 0.492 bits per heavy atom. The summed E-state index contributed by atoms with van der Waals surface area (Å²) < 4.78 is 6.56. The fraction of sp³-hybridized carbons (Fsp3) is 0.0656. The molecule has 0 N–H and O–H groups in total. The Morgan fingerprint density at radius 2 is 1.09 bits per heavy atom. The molecule has 0 bridgehead atoms. The molecule has 0 radical (unpaired) electrons. The molecular formula is C61H43N3O. The summed E-state index contributed by atoms with van der Waals surface area (Å²) in [5.74, 6) is 1.78. The second-order valence-corrected chi connectivity index (χ2v) is 17.7. The van der Waals surface area contributed by atoms with Crippen molar-refractivity contribution in [2.24, 2.45) is 0 Å². The number of rotatable bonds is 7. The molecule has 11 aromatic rings. The van der Waals surface area contributed by atoms with Crippen molar-refractivity contribution in [1.29, 1.82) is 0 Å². The third kappa shape index (κ3) is 6.40. The molecule has 0 atom stereocenters. The Hall–Kier alpha value is -8.21. The van der Waals surface area contributed by atoms with E-state index in [9.17, 15) is 0 Å². The van der Waals surface area contributed by atoms with Gasteiger partial charge in [0.1, 0.15) is 11.2 Å². The first kappa shape index (κ1) is 38.5. The van der Waals surface area contributed by atoms with Crippen LogP contribution in [0.4, 0.5) is 0 Å². The molecule has 2 aromatic heterocycles. The second-order valence-electron chi connectivity index (χ2n) is 17.7. The van der Waals surface area contributed by atoms with Crippen molar-refractivity contribution < 1.29 is 4.42 Å². The van der Waals surface area contributed by atoms with Crippen LogP contribution in [0.25, 0.3) is 110 Å². The van der Waals surface area contributed by atoms with Crippen LogP contribution in [0.15, 0.2) is 211 Å². The highest BCUT2D eigenvalue weighted by molar-refractivity contribution is 6.15. The van der Waals surface area contributed by atoms with E-state index in [0.29, 0.717) is 17.5 Å². The van der Waals surface area contributed by atoms with Crippen molar-refractivity contribution in [2.75, 3.05) is 0 Å². The van der Waals surface area contributed by atoms with Crippen LogP contribution in [-0.2, 0) is 5.41 Å². The SMILES string of the molecule is C=C/C(=C\C1=C(C)c2ccccc2C1(C)C)c1nc(-c2ccc(-c3ccc4ccccc4c3)cc2)nc(-c2cccc3cc(-c4ccc5c(c4)oc4c6ccccc6ccc54)ccc23)n1. The Kier molecular flexibility index (Phi) is 8.86. The van der Waals surface area contributed by atoms with Gasteiger partial charge in [-0.25, -0.2) is 15.0 Å². The summed E-state index contributed by atoms with van der Waals surface area (Å²) in [7, 11) is 0. The second kappa shape index (κ2) is 15.0. The van der Waals surface area contributed by atoms with E-state index < -0.39 is 0 Å². The molecule has 0 amide bonds. The standard InChI is InChI=1S/C61H43N3O/c1-5-38(35-55-37(2)48-17-10-11-20-54(48)61(55,3)4)58-62-59(42-24-21-40(22-25-42)44-26-23-39-13-6-7-15-43(39)33-44)64-60(63-58)53-19-12-16-47-34-45(28-30-49(47)53)46-29-31-51-52-32-27-41-14-8-9-18-50(41)57(52)65-56(51)36-46/h5-36H,1H2,2-4H3/b38-35+. The molecule has 4 heteroatoms. The van der Waals surface area contributed by atoms with Gasteiger partial charge in [0.05, 0.1) is 0 Å². The fourth-order valence-electron chi connectivity index (χ4n) is 10.1. The maximum atomic E-state index is 6.56. The van der Waals surface area contributed by atoms with Gasteiger partial charge in [0, 0.05) is 38.3 Å². The number of allylic oxidation sites excluding steroid dienone is 5. The number of nitrogens with zero attached hydrogens (tertiary/aromatic N) is 3. The van der Waals surface area contributed by atoms with Gasteiger partial charge in [-0.15, -0.1) is 0 Å². The van der Waals surface area contributed by atoms with E-state index in [2.05, 4.69) is 215 Å². The molecule has 1 aliphatic rings. The summed E-state index contributed by atoms with van der Waals surface area (Å²) in [6.45, 7) is 11.1. The zero-order chi connectivity index (χ0) is 43.8. The van der Waals surface area contributed by atoms with Crippen LogP contribution >= 0.6 is 0 Å². The first-order valence-corrected chi connectivity index (χ1v) is 22.2. The highest BCUT2D eigenvalue weighted by atomic mass is 16.3. The Morgan fingerprint density at radius 3 is 1.92 bits per heavy atom. The van der Waals surface area contributed by atoms with E-state index in [-0.39, 0.29) is 5.41 Å². The lowest BCUT2D eigenvalue weighted by Crippen LogP contribution is -2.16. The van der Waals surface area contributed by atoms with Crippen LogP contribution < -0.4 is 0 Å². The molecule has 65 heavy (non-hydrogen) atoms. The highest BCUT2D eigenvalue weighted by Gasteiger charge is 2.35. The summed E-state index contributed by atoms with van der Waals surface area (Å²) in [6, 6.07) is 64.6. The van der Waals surface area contributed by atoms with Gasteiger partial charge in [0.25, 0.3) is 0 Å². The predicted octanol–water partition coefficient (Wildman–Crippen LogP) is 16.2. The molecule has 0 fully saturated rings. The lowest BCUT2D eigenvalue weighted by atomic mass is 9.80. The lowest BCUT2D eigenvalue weighted by Gasteiger charge is -2.23. The minimum Gasteiger partial charge on any atom is -0.455 e. The van der Waals surface area contributed by atoms with Gasteiger partial charge in [-0.1, -0.05) is 178 Å². The van der Waals surface area contributed by atoms with Crippen molar-refractivity contribution in [3.8, 4) is 45.0 Å². The van der Waals surface area contributed by atoms with Crippen molar-refractivity contribution in [2.45, 2.75) is 26.2 Å². The summed E-state index contributed by atoms with van der Waals surface area (Å²) in [5, 5.41) is 9.12. The van der Waals surface area contributed by atoms with Gasteiger partial charge in [0.2, 0.25) is 0 Å². The molecule has 0 spiro atoms. The minimum atomic E-state index is -0.205. The Bertz CT molecular complexity index is 3830. The molecule has 9 aromatic carbocycles. The zero-order valence-electron chi connectivity index (χ0n) is 36.4. The summed E-state index contributed by atoms with van der Waals surface area (Å²) >= 11 is 0. The third-order valence-electron chi connectivity index (χ3n) is 13.5. The Labute approximate surface area is 377 Å². The first-order chi connectivity index (χ1) is 31.8. The fourth-order valence-corrected chi connectivity index (χ4v) is 10.1. The van der Waals surface area contributed by atoms with Crippen LogP contribution in [0.5, 0.6) is 0 Å². The van der Waals surface area contributed by atoms with Crippen LogP contribution in [-0.4, -0.2) is 15.0 Å². The number of hydrogen-bond donors (Lipinski definition) is 0. The lowest BCUT2D eigenvalue weighted by molar-refractivity contribution is 0.654. The van der Waals surface area contributed by atoms with Crippen LogP contribution in [0.3, 0.4) is 0 Å². The molecular weight excluding hydrogens is 791 g/mol. The van der Waals surface area contributed by atoms with E-state index in [1.165, 1.54) is 38.4 Å². The van der Waals surface area contributed by atoms with E-state index in [1.807, 2.05) is 6.08 Å². The van der Waals surface area contributed by atoms with Crippen LogP contribution in [0, 0.1) is 0 Å². The summed E-state index contributed by atoms with van der Waals surface area (Å²) in [4.78, 5) is 15.7. The molecule has 0 unspecified atom stereocenters. The van der Waals surface area contributed by atoms with Crippen molar-refractivity contribution in [3.63, 3.8) is 0 Å². The maximum Gasteiger partial charge on any atom is 0.164 e. The molecule has 0 saturated heterocycles. The topological polar surface area (TPSA) is 51.8 Å². The number of aromatic nitrogens is 3. The monoisotopic (exact) mass is 833 g/mol. The van der Waals surface area contributed by atoms with Crippen molar-refractivity contribution >= 4 is 65.4 Å². The van der Waals surface area contributed by atoms with E-state index in [0.717, 1.165) is 77.1 Å². The van der Waals surface area contributed by atoms with Crippen molar-refractivity contribution in [3.05, 3.63) is 223 Å². The summed E-state index contributed by atoms with van der Waals surface area (Å²) in [5.41, 5.74) is 13.8. The van der Waals surface area contributed by atoms with Gasteiger partial charge in [-0.05, 0) is 115 Å². The van der Waals surface area contributed by atoms with Gasteiger partial charge < -0.3 is 4.42 Å². The third-order valence-corrected chi connectivity index (χ3v) is 13.5. The molecule has 308 valence electrons. The largest absolute Gasteiger partial charge is 0.455 e. The van der Waals surface area contributed by atoms with E-state index >= 15 is 0 Å². The molecule has 0 aliphatic heterocycles. The average Bonchev–Trinajstić information content (AvgIpc) is 3.83. The van der Waals surface area contributed by atoms with Gasteiger partial charge in [-0.2, -0.15) is 0 Å². The number of furan rings is 1. The van der Waals surface area contributed by atoms with E-state index in [1.54, 1.807) is 0 Å². The maximum absolute atomic E-state index is 6.56. The smallest absolute Gasteiger partial charge is 0.164 e. The van der Waals surface area contributed by atoms with Crippen LogP contribution in [0.2, 0.25) is 0 Å². The van der Waals surface area contributed by atoms with Crippen LogP contribution in [0.1, 0.15) is 37.7 Å². The summed E-state index contributed by atoms with van der Waals surface area (Å²) in [6.07, 6.45) is 4.10. The average molecular weight is 834 g/mol. The number of fused-ring (bicyclic) bond motifs is 8. The highest BCUT2D eigenvalue weighted by Crippen LogP contribution is 2.47. The molecule has 1 aliphatic carbocycles. The zero-order valence-corrected chi connectivity index (χ0v) is 36.4. The number of benzene rings is 9. The Balaban J connectivity index is 0.970. The van der Waals surface area contributed by atoms with Gasteiger partial charge in [0.15, 0.2) is 17.5 Å². The van der Waals surface area contributed by atoms with Crippen molar-refractivity contribution in [1.82, 2.24) is 15.0 Å². The molecule has 4 nitrogen and oxygen atoms in total. The van der Waals surface area contributed by atoms with Gasteiger partial charge >= 0.3 is 0 Å². The molecule has 12 rings (SSSR count). The molecule has 0 saturated carbocycles. The quantitative estimate of drug-likeness (QED) is 0.150. The number of hydrogen-bond acceptors (Lipinski definition) is 4. The van der Waals surface area contributed by atoms with E-state index in [4.69, 9.17) is 19.4 Å². The predicted molar refractivity (Wildman–Crippen MR) is 272 cm³/mol. The molecule has 2 heterocycles. The first-order valence-electron chi connectivity index (χ1n) is 22.2. The normalized spacial score (nSPS) is 13.7. The minimum absolute atomic E-state index is 0.205. The van der Waals surface area contributed by atoms with Gasteiger partial charge in [-0.3, -0.25) is 0 Å².